The molecular formula is C26H24N2O4. The zero-order valence-electron chi connectivity index (χ0n) is 18.2. The highest BCUT2D eigenvalue weighted by Gasteiger charge is 2.16. The Morgan fingerprint density at radius 2 is 1.66 bits per heavy atom. The summed E-state index contributed by atoms with van der Waals surface area (Å²) >= 11 is 0. The molecule has 0 spiro atoms. The van der Waals surface area contributed by atoms with Crippen LogP contribution in [0.2, 0.25) is 0 Å². The smallest absolute Gasteiger partial charge is 0.256 e. The van der Waals surface area contributed by atoms with Gasteiger partial charge < -0.3 is 19.5 Å². The summed E-state index contributed by atoms with van der Waals surface area (Å²) in [6.07, 6.45) is 0. The van der Waals surface area contributed by atoms with Crippen LogP contribution in [0.15, 0.2) is 72.8 Å². The molecule has 0 aliphatic carbocycles. The first-order valence-corrected chi connectivity index (χ1v) is 10.3. The lowest BCUT2D eigenvalue weighted by molar-refractivity contribution is 0.102. The Kier molecular flexibility index (Phi) is 6.22. The number of nitrogens with zero attached hydrogens (tertiary/aromatic N) is 1. The van der Waals surface area contributed by atoms with Crippen molar-refractivity contribution in [1.82, 2.24) is 4.98 Å². The topological polar surface area (TPSA) is 69.7 Å². The number of hydrogen-bond acceptors (Lipinski definition) is 5. The normalized spacial score (nSPS) is 10.6. The molecule has 162 valence electrons. The van der Waals surface area contributed by atoms with Gasteiger partial charge in [0.15, 0.2) is 0 Å². The van der Waals surface area contributed by atoms with Crippen molar-refractivity contribution in [1.29, 1.82) is 0 Å². The summed E-state index contributed by atoms with van der Waals surface area (Å²) in [5.41, 5.74) is 3.38. The molecule has 3 aromatic carbocycles. The number of aromatic nitrogens is 1. The minimum absolute atomic E-state index is 0.262. The molecule has 4 aromatic rings. The highest BCUT2D eigenvalue weighted by atomic mass is 16.5. The van der Waals surface area contributed by atoms with E-state index in [0.29, 0.717) is 35.1 Å². The van der Waals surface area contributed by atoms with Crippen LogP contribution >= 0.6 is 0 Å². The van der Waals surface area contributed by atoms with Gasteiger partial charge in [0, 0.05) is 17.0 Å². The van der Waals surface area contributed by atoms with E-state index in [2.05, 4.69) is 5.32 Å². The van der Waals surface area contributed by atoms with E-state index in [1.54, 1.807) is 38.5 Å². The van der Waals surface area contributed by atoms with Gasteiger partial charge in [-0.2, -0.15) is 0 Å². The first-order chi connectivity index (χ1) is 15.6. The zero-order chi connectivity index (χ0) is 22.5. The van der Waals surface area contributed by atoms with Crippen molar-refractivity contribution < 1.29 is 19.0 Å². The van der Waals surface area contributed by atoms with Crippen LogP contribution in [0, 0.1) is 0 Å². The Morgan fingerprint density at radius 3 is 2.38 bits per heavy atom. The van der Waals surface area contributed by atoms with Crippen molar-refractivity contribution in [2.75, 3.05) is 26.1 Å². The molecule has 0 aliphatic rings. The number of benzene rings is 3. The Hall–Kier alpha value is -4.06. The van der Waals surface area contributed by atoms with E-state index in [9.17, 15) is 4.79 Å². The molecule has 32 heavy (non-hydrogen) atoms. The lowest BCUT2D eigenvalue weighted by Gasteiger charge is -2.14. The number of hydrogen-bond donors (Lipinski definition) is 1. The second kappa shape index (κ2) is 9.39. The number of ether oxygens (including phenoxy) is 3. The van der Waals surface area contributed by atoms with Crippen molar-refractivity contribution in [2.45, 2.75) is 6.92 Å². The minimum Gasteiger partial charge on any atom is -0.497 e. The molecule has 1 N–H and O–H groups in total. The summed E-state index contributed by atoms with van der Waals surface area (Å²) in [7, 11) is 3.14. The third-order valence-electron chi connectivity index (χ3n) is 5.08. The van der Waals surface area contributed by atoms with Crippen molar-refractivity contribution >= 4 is 22.5 Å². The minimum atomic E-state index is -0.262. The predicted octanol–water partition coefficient (Wildman–Crippen LogP) is 5.57. The molecule has 6 heteroatoms. The number of pyridine rings is 1. The first-order valence-electron chi connectivity index (χ1n) is 10.3. The van der Waals surface area contributed by atoms with E-state index in [1.165, 1.54) is 0 Å². The number of nitrogens with one attached hydrogen (secondary N) is 1. The van der Waals surface area contributed by atoms with Crippen molar-refractivity contribution in [3.05, 3.63) is 78.4 Å². The lowest BCUT2D eigenvalue weighted by Crippen LogP contribution is -2.14. The summed E-state index contributed by atoms with van der Waals surface area (Å²) in [5.74, 6) is 1.70. The molecule has 0 saturated heterocycles. The van der Waals surface area contributed by atoms with E-state index in [1.807, 2.05) is 55.5 Å². The molecule has 1 aromatic heterocycles. The van der Waals surface area contributed by atoms with Crippen molar-refractivity contribution in [3.63, 3.8) is 0 Å². The molecule has 0 saturated carbocycles. The number of fused-ring (bicyclic) bond motifs is 1. The fourth-order valence-corrected chi connectivity index (χ4v) is 3.50. The Labute approximate surface area is 186 Å². The average molecular weight is 428 g/mol. The van der Waals surface area contributed by atoms with Crippen LogP contribution in [0.25, 0.3) is 22.2 Å². The highest BCUT2D eigenvalue weighted by Crippen LogP contribution is 2.31. The van der Waals surface area contributed by atoms with Crippen molar-refractivity contribution in [2.24, 2.45) is 0 Å². The van der Waals surface area contributed by atoms with E-state index >= 15 is 0 Å². The van der Waals surface area contributed by atoms with Gasteiger partial charge in [0.1, 0.15) is 17.2 Å². The molecule has 0 unspecified atom stereocenters. The van der Waals surface area contributed by atoms with Gasteiger partial charge in [-0.25, -0.2) is 4.98 Å². The molecule has 4 rings (SSSR count). The molecule has 1 heterocycles. The maximum absolute atomic E-state index is 13.4. The number of carbonyl (C=O) groups is 1. The molecule has 1 amide bonds. The lowest BCUT2D eigenvalue weighted by atomic mass is 10.0. The van der Waals surface area contributed by atoms with Crippen LogP contribution in [-0.4, -0.2) is 31.7 Å². The summed E-state index contributed by atoms with van der Waals surface area (Å²) in [6, 6.07) is 22.3. The number of anilines is 1. The predicted molar refractivity (Wildman–Crippen MR) is 126 cm³/mol. The third-order valence-corrected chi connectivity index (χ3v) is 5.08. The Bertz CT molecular complexity index is 1250. The van der Waals surface area contributed by atoms with Crippen LogP contribution in [0.4, 0.5) is 5.69 Å². The van der Waals surface area contributed by atoms with E-state index in [4.69, 9.17) is 19.2 Å². The fourth-order valence-electron chi connectivity index (χ4n) is 3.50. The van der Waals surface area contributed by atoms with E-state index < -0.39 is 0 Å². The quantitative estimate of drug-likeness (QED) is 0.417. The van der Waals surface area contributed by atoms with Gasteiger partial charge in [0.05, 0.1) is 43.3 Å². The number of rotatable bonds is 7. The van der Waals surface area contributed by atoms with Crippen LogP contribution in [-0.2, 0) is 0 Å². The highest BCUT2D eigenvalue weighted by molar-refractivity contribution is 6.13. The van der Waals surface area contributed by atoms with Gasteiger partial charge in [-0.3, -0.25) is 4.79 Å². The Morgan fingerprint density at radius 1 is 0.906 bits per heavy atom. The summed E-state index contributed by atoms with van der Waals surface area (Å²) in [5, 5.41) is 3.72. The monoisotopic (exact) mass is 428 g/mol. The summed E-state index contributed by atoms with van der Waals surface area (Å²) in [4.78, 5) is 18.1. The maximum Gasteiger partial charge on any atom is 0.256 e. The molecule has 0 atom stereocenters. The van der Waals surface area contributed by atoms with Crippen LogP contribution in [0.5, 0.6) is 17.2 Å². The van der Waals surface area contributed by atoms with Gasteiger partial charge in [-0.15, -0.1) is 0 Å². The molecule has 0 fully saturated rings. The first kappa shape index (κ1) is 21.2. The largest absolute Gasteiger partial charge is 0.497 e. The zero-order valence-corrected chi connectivity index (χ0v) is 18.2. The Balaban J connectivity index is 1.75. The van der Waals surface area contributed by atoms with Crippen LogP contribution in [0.1, 0.15) is 17.3 Å². The molecule has 0 bridgehead atoms. The second-order valence-corrected chi connectivity index (χ2v) is 7.05. The van der Waals surface area contributed by atoms with Gasteiger partial charge in [0.2, 0.25) is 0 Å². The molecular weight excluding hydrogens is 404 g/mol. The molecule has 6 nitrogen and oxygen atoms in total. The average Bonchev–Trinajstić information content (AvgIpc) is 2.84. The van der Waals surface area contributed by atoms with E-state index in [-0.39, 0.29) is 5.91 Å². The summed E-state index contributed by atoms with van der Waals surface area (Å²) < 4.78 is 16.2. The third kappa shape index (κ3) is 4.34. The summed E-state index contributed by atoms with van der Waals surface area (Å²) in [6.45, 7) is 2.55. The number of amides is 1. The molecule has 0 radical (unpaired) electrons. The molecule has 0 aliphatic heterocycles. The maximum atomic E-state index is 13.4. The second-order valence-electron chi connectivity index (χ2n) is 7.05. The van der Waals surface area contributed by atoms with Crippen LogP contribution in [0.3, 0.4) is 0 Å². The number of carbonyl (C=O) groups excluding carboxylic acids is 1. The van der Waals surface area contributed by atoms with E-state index in [0.717, 1.165) is 22.2 Å². The number of para-hydroxylation sites is 1. The number of methoxy groups -OCH3 is 2. The van der Waals surface area contributed by atoms with Gasteiger partial charge in [0.25, 0.3) is 5.91 Å². The van der Waals surface area contributed by atoms with Crippen LogP contribution < -0.4 is 19.5 Å². The fraction of sp³-hybridized carbons (Fsp3) is 0.154. The standard InChI is InChI=1S/C26H24N2O4/c1-4-32-18-11-9-17(10-12-18)23-16-21(20-7-5-6-8-22(20)27-23)26(29)28-24-15-19(30-2)13-14-25(24)31-3/h5-16H,4H2,1-3H3,(H,28,29). The van der Waals surface area contributed by atoms with Gasteiger partial charge >= 0.3 is 0 Å². The SMILES string of the molecule is CCOc1ccc(-c2cc(C(=O)Nc3cc(OC)ccc3OC)c3ccccc3n2)cc1. The van der Waals surface area contributed by atoms with Crippen molar-refractivity contribution in [3.8, 4) is 28.5 Å². The van der Waals surface area contributed by atoms with Gasteiger partial charge in [-0.1, -0.05) is 18.2 Å². The van der Waals surface area contributed by atoms with Gasteiger partial charge in [-0.05, 0) is 55.5 Å².